The Hall–Kier alpha value is -1.84. The monoisotopic (exact) mass is 216 g/mol. The molecule has 0 saturated carbocycles. The maximum Gasteiger partial charge on any atom is 0.128 e. The maximum absolute atomic E-state index is 4.27. The summed E-state index contributed by atoms with van der Waals surface area (Å²) in [6.45, 7) is 5.77. The predicted octanol–water partition coefficient (Wildman–Crippen LogP) is 2.01. The van der Waals surface area contributed by atoms with Crippen LogP contribution in [-0.4, -0.2) is 21.3 Å². The van der Waals surface area contributed by atoms with E-state index in [0.717, 1.165) is 18.9 Å². The summed E-state index contributed by atoms with van der Waals surface area (Å²) in [7, 11) is 0. The minimum absolute atomic E-state index is 0.832. The van der Waals surface area contributed by atoms with E-state index in [1.54, 1.807) is 6.20 Å². The molecule has 0 atom stereocenters. The van der Waals surface area contributed by atoms with Gasteiger partial charge in [0.25, 0.3) is 0 Å². The lowest BCUT2D eigenvalue weighted by Crippen LogP contribution is -2.12. The zero-order chi connectivity index (χ0) is 11.4. The fourth-order valence-corrected chi connectivity index (χ4v) is 1.55. The van der Waals surface area contributed by atoms with Crippen molar-refractivity contribution < 1.29 is 0 Å². The van der Waals surface area contributed by atoms with Crippen LogP contribution >= 0.6 is 0 Å². The number of nitrogens with one attached hydrogen (secondary N) is 1. The predicted molar refractivity (Wildman–Crippen MR) is 64.4 cm³/mol. The molecule has 4 heteroatoms. The lowest BCUT2D eigenvalue weighted by molar-refractivity contribution is 0.636. The van der Waals surface area contributed by atoms with E-state index < -0.39 is 0 Å². The van der Waals surface area contributed by atoms with Crippen LogP contribution in [0.5, 0.6) is 0 Å². The fraction of sp³-hybridized carbons (Fsp3) is 0.333. The molecule has 0 fully saturated rings. The number of rotatable bonds is 4. The Labute approximate surface area is 95.3 Å². The number of anilines is 1. The molecular formula is C12H16N4. The van der Waals surface area contributed by atoms with Crippen LogP contribution in [0.25, 0.3) is 0 Å². The quantitative estimate of drug-likeness (QED) is 0.850. The molecule has 0 aromatic carbocycles. The van der Waals surface area contributed by atoms with E-state index in [2.05, 4.69) is 15.4 Å². The maximum atomic E-state index is 4.27. The van der Waals surface area contributed by atoms with Gasteiger partial charge in [-0.25, -0.2) is 4.98 Å². The summed E-state index contributed by atoms with van der Waals surface area (Å²) in [4.78, 5) is 4.27. The van der Waals surface area contributed by atoms with Crippen molar-refractivity contribution in [1.82, 2.24) is 14.8 Å². The second-order valence-corrected chi connectivity index (χ2v) is 3.88. The second-order valence-electron chi connectivity index (χ2n) is 3.88. The van der Waals surface area contributed by atoms with E-state index in [9.17, 15) is 0 Å². The molecule has 16 heavy (non-hydrogen) atoms. The molecule has 2 rings (SSSR count). The highest BCUT2D eigenvalue weighted by Gasteiger charge is 1.97. The SMILES string of the molecule is Cc1cnn(CCNc2ncccc2C)c1. The molecule has 2 aromatic heterocycles. The zero-order valence-corrected chi connectivity index (χ0v) is 9.64. The van der Waals surface area contributed by atoms with Crippen molar-refractivity contribution in [2.45, 2.75) is 20.4 Å². The first kappa shape index (κ1) is 10.7. The molecule has 0 bridgehead atoms. The average molecular weight is 216 g/mol. The van der Waals surface area contributed by atoms with E-state index in [-0.39, 0.29) is 0 Å². The van der Waals surface area contributed by atoms with E-state index in [0.29, 0.717) is 0 Å². The summed E-state index contributed by atoms with van der Waals surface area (Å²) in [5.41, 5.74) is 2.35. The highest BCUT2D eigenvalue weighted by Crippen LogP contribution is 2.08. The molecule has 0 aliphatic rings. The largest absolute Gasteiger partial charge is 0.368 e. The number of aryl methyl sites for hydroxylation is 2. The highest BCUT2D eigenvalue weighted by molar-refractivity contribution is 5.42. The molecule has 0 saturated heterocycles. The lowest BCUT2D eigenvalue weighted by Gasteiger charge is -2.07. The van der Waals surface area contributed by atoms with Crippen LogP contribution in [0.1, 0.15) is 11.1 Å². The molecule has 84 valence electrons. The Morgan fingerprint density at radius 3 is 2.94 bits per heavy atom. The second kappa shape index (κ2) is 4.79. The molecule has 0 radical (unpaired) electrons. The van der Waals surface area contributed by atoms with Crippen LogP contribution in [0.4, 0.5) is 5.82 Å². The third kappa shape index (κ3) is 2.59. The topological polar surface area (TPSA) is 42.7 Å². The lowest BCUT2D eigenvalue weighted by atomic mass is 10.3. The number of hydrogen-bond acceptors (Lipinski definition) is 3. The van der Waals surface area contributed by atoms with Crippen LogP contribution in [-0.2, 0) is 6.54 Å². The molecule has 0 spiro atoms. The van der Waals surface area contributed by atoms with Gasteiger partial charge in [0, 0.05) is 18.9 Å². The minimum atomic E-state index is 0.832. The van der Waals surface area contributed by atoms with E-state index in [1.807, 2.05) is 43.1 Å². The Kier molecular flexibility index (Phi) is 3.19. The summed E-state index contributed by atoms with van der Waals surface area (Å²) in [5.74, 6) is 0.950. The van der Waals surface area contributed by atoms with Gasteiger partial charge in [-0.2, -0.15) is 5.10 Å². The summed E-state index contributed by atoms with van der Waals surface area (Å²) >= 11 is 0. The first-order chi connectivity index (χ1) is 7.75. The van der Waals surface area contributed by atoms with Gasteiger partial charge >= 0.3 is 0 Å². The molecular weight excluding hydrogens is 200 g/mol. The highest BCUT2D eigenvalue weighted by atomic mass is 15.3. The van der Waals surface area contributed by atoms with Crippen LogP contribution in [0.3, 0.4) is 0 Å². The Balaban J connectivity index is 1.87. The summed E-state index contributed by atoms with van der Waals surface area (Å²) in [6.07, 6.45) is 5.70. The Morgan fingerprint density at radius 2 is 2.25 bits per heavy atom. The normalized spacial score (nSPS) is 10.4. The molecule has 0 aliphatic heterocycles. The van der Waals surface area contributed by atoms with Crippen LogP contribution in [0.15, 0.2) is 30.7 Å². The van der Waals surface area contributed by atoms with E-state index >= 15 is 0 Å². The average Bonchev–Trinajstić information content (AvgIpc) is 2.67. The Morgan fingerprint density at radius 1 is 1.38 bits per heavy atom. The van der Waals surface area contributed by atoms with Crippen molar-refractivity contribution in [3.63, 3.8) is 0 Å². The van der Waals surface area contributed by atoms with Crippen molar-refractivity contribution in [1.29, 1.82) is 0 Å². The van der Waals surface area contributed by atoms with Crippen molar-refractivity contribution in [3.8, 4) is 0 Å². The third-order valence-electron chi connectivity index (χ3n) is 2.41. The molecule has 4 nitrogen and oxygen atoms in total. The first-order valence-corrected chi connectivity index (χ1v) is 5.40. The van der Waals surface area contributed by atoms with Crippen LogP contribution in [0.2, 0.25) is 0 Å². The van der Waals surface area contributed by atoms with E-state index in [4.69, 9.17) is 0 Å². The van der Waals surface area contributed by atoms with Gasteiger partial charge in [0.15, 0.2) is 0 Å². The molecule has 2 aromatic rings. The number of pyridine rings is 1. The van der Waals surface area contributed by atoms with Gasteiger partial charge in [-0.15, -0.1) is 0 Å². The van der Waals surface area contributed by atoms with Crippen molar-refractivity contribution >= 4 is 5.82 Å². The van der Waals surface area contributed by atoms with Gasteiger partial charge in [0.05, 0.1) is 12.7 Å². The van der Waals surface area contributed by atoms with Gasteiger partial charge < -0.3 is 5.32 Å². The number of nitrogens with zero attached hydrogens (tertiary/aromatic N) is 3. The standard InChI is InChI=1S/C12H16N4/c1-10-8-15-16(9-10)7-6-14-12-11(2)4-3-5-13-12/h3-5,8-9H,6-7H2,1-2H3,(H,13,14). The summed E-state index contributed by atoms with van der Waals surface area (Å²) < 4.78 is 1.93. The van der Waals surface area contributed by atoms with Crippen LogP contribution in [0, 0.1) is 13.8 Å². The van der Waals surface area contributed by atoms with Crippen molar-refractivity contribution in [2.75, 3.05) is 11.9 Å². The van der Waals surface area contributed by atoms with Gasteiger partial charge in [0.1, 0.15) is 5.82 Å². The molecule has 2 heterocycles. The smallest absolute Gasteiger partial charge is 0.128 e. The van der Waals surface area contributed by atoms with Crippen LogP contribution < -0.4 is 5.32 Å². The zero-order valence-electron chi connectivity index (χ0n) is 9.64. The third-order valence-corrected chi connectivity index (χ3v) is 2.41. The molecule has 1 N–H and O–H groups in total. The van der Waals surface area contributed by atoms with Crippen molar-refractivity contribution in [3.05, 3.63) is 41.9 Å². The van der Waals surface area contributed by atoms with Gasteiger partial charge in [0.2, 0.25) is 0 Å². The molecule has 0 amide bonds. The van der Waals surface area contributed by atoms with Crippen molar-refractivity contribution in [2.24, 2.45) is 0 Å². The van der Waals surface area contributed by atoms with E-state index in [1.165, 1.54) is 11.1 Å². The summed E-state index contributed by atoms with van der Waals surface area (Å²) in [5, 5.41) is 7.52. The van der Waals surface area contributed by atoms with Gasteiger partial charge in [-0.3, -0.25) is 4.68 Å². The molecule has 0 aliphatic carbocycles. The minimum Gasteiger partial charge on any atom is -0.368 e. The first-order valence-electron chi connectivity index (χ1n) is 5.40. The molecule has 0 unspecified atom stereocenters. The number of hydrogen-bond donors (Lipinski definition) is 1. The number of aromatic nitrogens is 3. The summed E-state index contributed by atoms with van der Waals surface area (Å²) in [6, 6.07) is 3.99. The van der Waals surface area contributed by atoms with Gasteiger partial charge in [-0.05, 0) is 31.0 Å². The Bertz CT molecular complexity index is 462. The van der Waals surface area contributed by atoms with Gasteiger partial charge in [-0.1, -0.05) is 6.07 Å². The fourth-order valence-electron chi connectivity index (χ4n) is 1.55.